The summed E-state index contributed by atoms with van der Waals surface area (Å²) in [6.45, 7) is 5.30. The zero-order valence-electron chi connectivity index (χ0n) is 12.0. The van der Waals surface area contributed by atoms with Gasteiger partial charge in [0, 0.05) is 17.9 Å². The van der Waals surface area contributed by atoms with Crippen molar-refractivity contribution in [3.63, 3.8) is 0 Å². The first-order valence-corrected chi connectivity index (χ1v) is 7.40. The zero-order valence-corrected chi connectivity index (χ0v) is 12.0. The first-order valence-electron chi connectivity index (χ1n) is 7.40. The predicted octanol–water partition coefficient (Wildman–Crippen LogP) is 2.17. The topological polar surface area (TPSA) is 61.9 Å². The van der Waals surface area contributed by atoms with Crippen molar-refractivity contribution in [2.45, 2.75) is 32.1 Å². The number of hydrogen-bond acceptors (Lipinski definition) is 3. The third kappa shape index (κ3) is 2.29. The number of hydrogen-bond donors (Lipinski definition) is 2. The van der Waals surface area contributed by atoms with Gasteiger partial charge in [0.05, 0.1) is 0 Å². The molecule has 4 nitrogen and oxygen atoms in total. The Labute approximate surface area is 120 Å². The molecular formula is C16H23N3O. The minimum absolute atomic E-state index is 0.136. The van der Waals surface area contributed by atoms with Crippen molar-refractivity contribution >= 4 is 5.84 Å². The SMILES string of the molecule is CC1(/C(N)=N/O)CCN(CC2Cc3ccccc32)CC1. The van der Waals surface area contributed by atoms with Gasteiger partial charge in [0.1, 0.15) is 5.84 Å². The Balaban J connectivity index is 1.56. The van der Waals surface area contributed by atoms with E-state index in [0.717, 1.165) is 32.5 Å². The highest BCUT2D eigenvalue weighted by Gasteiger charge is 2.36. The van der Waals surface area contributed by atoms with Crippen LogP contribution in [0.3, 0.4) is 0 Å². The molecule has 0 amide bonds. The van der Waals surface area contributed by atoms with Crippen LogP contribution < -0.4 is 5.73 Å². The number of nitrogens with two attached hydrogens (primary N) is 1. The Kier molecular flexibility index (Phi) is 3.42. The Bertz CT molecular complexity index is 518. The minimum atomic E-state index is -0.136. The number of amidine groups is 1. The molecule has 3 rings (SSSR count). The molecule has 1 saturated heterocycles. The highest BCUT2D eigenvalue weighted by molar-refractivity contribution is 5.85. The van der Waals surface area contributed by atoms with E-state index in [-0.39, 0.29) is 5.41 Å². The fourth-order valence-corrected chi connectivity index (χ4v) is 3.44. The monoisotopic (exact) mass is 273 g/mol. The van der Waals surface area contributed by atoms with E-state index >= 15 is 0 Å². The Hall–Kier alpha value is -1.55. The summed E-state index contributed by atoms with van der Waals surface area (Å²) in [5, 5.41) is 12.1. The second-order valence-corrected chi connectivity index (χ2v) is 6.45. The van der Waals surface area contributed by atoms with E-state index in [1.165, 1.54) is 17.5 Å². The van der Waals surface area contributed by atoms with E-state index in [1.54, 1.807) is 0 Å². The average Bonchev–Trinajstić information content (AvgIpc) is 2.46. The molecule has 1 heterocycles. The lowest BCUT2D eigenvalue weighted by molar-refractivity contribution is 0.148. The molecule has 0 spiro atoms. The highest BCUT2D eigenvalue weighted by Crippen LogP contribution is 2.37. The van der Waals surface area contributed by atoms with Crippen molar-refractivity contribution < 1.29 is 5.21 Å². The van der Waals surface area contributed by atoms with Crippen LogP contribution in [0.5, 0.6) is 0 Å². The molecule has 4 heteroatoms. The van der Waals surface area contributed by atoms with Gasteiger partial charge in [0.15, 0.2) is 0 Å². The molecule has 2 aliphatic rings. The molecule has 1 aliphatic heterocycles. The molecule has 1 aliphatic carbocycles. The van der Waals surface area contributed by atoms with Gasteiger partial charge in [0.2, 0.25) is 0 Å². The van der Waals surface area contributed by atoms with Crippen molar-refractivity contribution in [2.75, 3.05) is 19.6 Å². The molecule has 1 aromatic rings. The zero-order chi connectivity index (χ0) is 14.2. The fourth-order valence-electron chi connectivity index (χ4n) is 3.44. The van der Waals surface area contributed by atoms with Gasteiger partial charge in [-0.3, -0.25) is 0 Å². The summed E-state index contributed by atoms with van der Waals surface area (Å²) in [6, 6.07) is 8.75. The molecular weight excluding hydrogens is 250 g/mol. The lowest BCUT2D eigenvalue weighted by Gasteiger charge is -2.41. The smallest absolute Gasteiger partial charge is 0.145 e. The number of likely N-dealkylation sites (tertiary alicyclic amines) is 1. The first kappa shape index (κ1) is 13.4. The van der Waals surface area contributed by atoms with Crippen LogP contribution in [-0.2, 0) is 6.42 Å². The molecule has 108 valence electrons. The molecule has 20 heavy (non-hydrogen) atoms. The molecule has 0 radical (unpaired) electrons. The maximum Gasteiger partial charge on any atom is 0.145 e. The quantitative estimate of drug-likeness (QED) is 0.384. The predicted molar refractivity (Wildman–Crippen MR) is 80.1 cm³/mol. The van der Waals surface area contributed by atoms with Gasteiger partial charge in [-0.25, -0.2) is 0 Å². The van der Waals surface area contributed by atoms with Crippen LogP contribution in [0.1, 0.15) is 36.8 Å². The van der Waals surface area contributed by atoms with Crippen molar-refractivity contribution in [3.05, 3.63) is 35.4 Å². The Morgan fingerprint density at radius 3 is 2.75 bits per heavy atom. The van der Waals surface area contributed by atoms with Crippen LogP contribution in [-0.4, -0.2) is 35.6 Å². The molecule has 3 N–H and O–H groups in total. The molecule has 1 unspecified atom stereocenters. The van der Waals surface area contributed by atoms with Gasteiger partial charge >= 0.3 is 0 Å². The van der Waals surface area contributed by atoms with Crippen molar-refractivity contribution in [1.29, 1.82) is 0 Å². The van der Waals surface area contributed by atoms with Gasteiger partial charge in [0.25, 0.3) is 0 Å². The van der Waals surface area contributed by atoms with Crippen LogP contribution in [0.2, 0.25) is 0 Å². The van der Waals surface area contributed by atoms with Crippen LogP contribution in [0.4, 0.5) is 0 Å². The Morgan fingerprint density at radius 1 is 1.40 bits per heavy atom. The van der Waals surface area contributed by atoms with E-state index in [1.807, 2.05) is 0 Å². The summed E-state index contributed by atoms with van der Waals surface area (Å²) >= 11 is 0. The van der Waals surface area contributed by atoms with E-state index in [2.05, 4.69) is 41.2 Å². The van der Waals surface area contributed by atoms with Crippen LogP contribution in [0.15, 0.2) is 29.4 Å². The number of benzene rings is 1. The van der Waals surface area contributed by atoms with Crippen LogP contribution in [0, 0.1) is 5.41 Å². The minimum Gasteiger partial charge on any atom is -0.409 e. The average molecular weight is 273 g/mol. The first-order chi connectivity index (χ1) is 9.62. The normalized spacial score (nSPS) is 25.9. The largest absolute Gasteiger partial charge is 0.409 e. The van der Waals surface area contributed by atoms with Crippen molar-refractivity contribution in [2.24, 2.45) is 16.3 Å². The van der Waals surface area contributed by atoms with E-state index in [4.69, 9.17) is 10.9 Å². The number of piperidine rings is 1. The van der Waals surface area contributed by atoms with Gasteiger partial charge < -0.3 is 15.8 Å². The molecule has 0 aromatic heterocycles. The van der Waals surface area contributed by atoms with E-state index < -0.39 is 0 Å². The molecule has 0 bridgehead atoms. The summed E-state index contributed by atoms with van der Waals surface area (Å²) in [5.74, 6) is 1.07. The summed E-state index contributed by atoms with van der Waals surface area (Å²) in [7, 11) is 0. The Morgan fingerprint density at radius 2 is 2.10 bits per heavy atom. The highest BCUT2D eigenvalue weighted by atomic mass is 16.4. The van der Waals surface area contributed by atoms with Crippen molar-refractivity contribution in [3.8, 4) is 0 Å². The summed E-state index contributed by atoms with van der Waals surface area (Å²) in [4.78, 5) is 2.52. The maximum atomic E-state index is 8.87. The number of nitrogens with zero attached hydrogens (tertiary/aromatic N) is 2. The maximum absolute atomic E-state index is 8.87. The lowest BCUT2D eigenvalue weighted by atomic mass is 9.75. The molecule has 0 saturated carbocycles. The number of rotatable bonds is 3. The number of oxime groups is 1. The van der Waals surface area contributed by atoms with E-state index in [0.29, 0.717) is 11.8 Å². The third-order valence-corrected chi connectivity index (χ3v) is 5.13. The molecule has 1 aromatic carbocycles. The van der Waals surface area contributed by atoms with Gasteiger partial charge in [-0.1, -0.05) is 36.3 Å². The standard InChI is InChI=1S/C16H23N3O/c1-16(15(17)18-20)6-8-19(9-7-16)11-13-10-12-4-2-3-5-14(12)13/h2-5,13,20H,6-11H2,1H3,(H2,17,18). The van der Waals surface area contributed by atoms with Gasteiger partial charge in [-0.05, 0) is 43.5 Å². The van der Waals surface area contributed by atoms with Gasteiger partial charge in [-0.2, -0.15) is 0 Å². The summed E-state index contributed by atoms with van der Waals surface area (Å²) in [5.41, 5.74) is 8.71. The summed E-state index contributed by atoms with van der Waals surface area (Å²) in [6.07, 6.45) is 3.15. The molecule has 1 fully saturated rings. The lowest BCUT2D eigenvalue weighted by Crippen LogP contribution is -2.47. The van der Waals surface area contributed by atoms with E-state index in [9.17, 15) is 0 Å². The van der Waals surface area contributed by atoms with Crippen LogP contribution in [0.25, 0.3) is 0 Å². The van der Waals surface area contributed by atoms with Crippen molar-refractivity contribution in [1.82, 2.24) is 4.90 Å². The third-order valence-electron chi connectivity index (χ3n) is 5.13. The summed E-state index contributed by atoms with van der Waals surface area (Å²) < 4.78 is 0. The molecule has 1 atom stereocenters. The second kappa shape index (κ2) is 5.09. The number of fused-ring (bicyclic) bond motifs is 1. The van der Waals surface area contributed by atoms with Gasteiger partial charge in [-0.15, -0.1) is 0 Å². The second-order valence-electron chi connectivity index (χ2n) is 6.45. The fraction of sp³-hybridized carbons (Fsp3) is 0.562. The van der Waals surface area contributed by atoms with Crippen LogP contribution >= 0.6 is 0 Å².